The standard InChI is InChI=1S/C15H14N2O/c1-2-10-6-12(8-14(10)16-4-1)13-7-11-3-5-18-15(11)17-9-13/h1-2,4,7,9,12H,3,5-6,8H2. The molecule has 0 saturated carbocycles. The van der Waals surface area contributed by atoms with Gasteiger partial charge in [0.1, 0.15) is 0 Å². The number of hydrogen-bond donors (Lipinski definition) is 0. The molecule has 1 atom stereocenters. The van der Waals surface area contributed by atoms with Crippen LogP contribution in [0.3, 0.4) is 0 Å². The van der Waals surface area contributed by atoms with Crippen LogP contribution < -0.4 is 4.74 Å². The Kier molecular flexibility index (Phi) is 2.13. The molecule has 2 aromatic rings. The number of hydrogen-bond acceptors (Lipinski definition) is 3. The molecular weight excluding hydrogens is 224 g/mol. The Bertz CT molecular complexity index is 584. The van der Waals surface area contributed by atoms with E-state index in [9.17, 15) is 0 Å². The van der Waals surface area contributed by atoms with Crippen LogP contribution in [0.4, 0.5) is 0 Å². The van der Waals surface area contributed by atoms with Crippen molar-refractivity contribution in [2.45, 2.75) is 25.2 Å². The van der Waals surface area contributed by atoms with Gasteiger partial charge in [-0.05, 0) is 42.0 Å². The van der Waals surface area contributed by atoms with Crippen molar-refractivity contribution >= 4 is 0 Å². The highest BCUT2D eigenvalue weighted by Crippen LogP contribution is 2.34. The van der Waals surface area contributed by atoms with E-state index >= 15 is 0 Å². The van der Waals surface area contributed by atoms with Gasteiger partial charge in [0.25, 0.3) is 0 Å². The Hall–Kier alpha value is -1.90. The second-order valence-electron chi connectivity index (χ2n) is 5.05. The maximum atomic E-state index is 5.45. The lowest BCUT2D eigenvalue weighted by atomic mass is 9.96. The first kappa shape index (κ1) is 10.1. The monoisotopic (exact) mass is 238 g/mol. The van der Waals surface area contributed by atoms with Gasteiger partial charge in [0.2, 0.25) is 5.88 Å². The van der Waals surface area contributed by atoms with Crippen molar-refractivity contribution < 1.29 is 4.74 Å². The van der Waals surface area contributed by atoms with E-state index in [1.54, 1.807) is 0 Å². The molecule has 0 spiro atoms. The van der Waals surface area contributed by atoms with Gasteiger partial charge in [-0.1, -0.05) is 6.07 Å². The summed E-state index contributed by atoms with van der Waals surface area (Å²) in [5.41, 5.74) is 5.23. The van der Waals surface area contributed by atoms with Crippen molar-refractivity contribution in [1.29, 1.82) is 0 Å². The fourth-order valence-corrected chi connectivity index (χ4v) is 2.95. The molecule has 0 bridgehead atoms. The first-order valence-corrected chi connectivity index (χ1v) is 6.44. The molecule has 2 aliphatic rings. The van der Waals surface area contributed by atoms with Crippen LogP contribution >= 0.6 is 0 Å². The first-order chi connectivity index (χ1) is 8.90. The highest BCUT2D eigenvalue weighted by Gasteiger charge is 2.25. The summed E-state index contributed by atoms with van der Waals surface area (Å²) in [6.07, 6.45) is 6.98. The summed E-state index contributed by atoms with van der Waals surface area (Å²) in [5, 5.41) is 0. The van der Waals surface area contributed by atoms with E-state index in [0.29, 0.717) is 5.92 Å². The molecule has 1 aliphatic carbocycles. The van der Waals surface area contributed by atoms with Crippen molar-refractivity contribution in [3.05, 3.63) is 53.0 Å². The van der Waals surface area contributed by atoms with Crippen LogP contribution in [-0.4, -0.2) is 16.6 Å². The number of nitrogens with zero attached hydrogens (tertiary/aromatic N) is 2. The summed E-state index contributed by atoms with van der Waals surface area (Å²) in [5.74, 6) is 1.36. The normalized spacial score (nSPS) is 20.3. The van der Waals surface area contributed by atoms with E-state index in [4.69, 9.17) is 4.74 Å². The first-order valence-electron chi connectivity index (χ1n) is 6.44. The Labute approximate surface area is 106 Å². The molecule has 3 nitrogen and oxygen atoms in total. The molecule has 1 unspecified atom stereocenters. The van der Waals surface area contributed by atoms with Gasteiger partial charge in [0.05, 0.1) is 6.61 Å². The van der Waals surface area contributed by atoms with Crippen LogP contribution in [-0.2, 0) is 19.3 Å². The molecule has 2 aromatic heterocycles. The molecule has 18 heavy (non-hydrogen) atoms. The maximum absolute atomic E-state index is 5.45. The maximum Gasteiger partial charge on any atom is 0.216 e. The highest BCUT2D eigenvalue weighted by atomic mass is 16.5. The lowest BCUT2D eigenvalue weighted by Gasteiger charge is -2.09. The average Bonchev–Trinajstić information content (AvgIpc) is 3.04. The zero-order valence-electron chi connectivity index (χ0n) is 10.1. The van der Waals surface area contributed by atoms with Crippen LogP contribution in [0.5, 0.6) is 5.88 Å². The van der Waals surface area contributed by atoms with Crippen LogP contribution in [0.1, 0.15) is 28.3 Å². The molecule has 1 aliphatic heterocycles. The molecule has 90 valence electrons. The van der Waals surface area contributed by atoms with E-state index in [2.05, 4.69) is 22.1 Å². The Morgan fingerprint density at radius 2 is 2.17 bits per heavy atom. The molecule has 0 N–H and O–H groups in total. The highest BCUT2D eigenvalue weighted by molar-refractivity contribution is 5.38. The zero-order chi connectivity index (χ0) is 11.9. The van der Waals surface area contributed by atoms with Crippen molar-refractivity contribution in [2.24, 2.45) is 0 Å². The number of rotatable bonds is 1. The van der Waals surface area contributed by atoms with E-state index in [1.807, 2.05) is 18.5 Å². The SMILES string of the molecule is c1cnc2c(c1)CC(c1cnc3c(c1)CCO3)C2. The molecular formula is C15H14N2O. The third kappa shape index (κ3) is 1.50. The summed E-state index contributed by atoms with van der Waals surface area (Å²) in [6.45, 7) is 0.776. The smallest absolute Gasteiger partial charge is 0.216 e. The minimum absolute atomic E-state index is 0.535. The molecule has 0 aromatic carbocycles. The molecule has 0 fully saturated rings. The quantitative estimate of drug-likeness (QED) is 0.764. The van der Waals surface area contributed by atoms with E-state index in [1.165, 1.54) is 22.4 Å². The summed E-state index contributed by atoms with van der Waals surface area (Å²) in [4.78, 5) is 8.89. The number of fused-ring (bicyclic) bond motifs is 2. The van der Waals surface area contributed by atoms with Crippen LogP contribution in [0, 0.1) is 0 Å². The summed E-state index contributed by atoms with van der Waals surface area (Å²) >= 11 is 0. The lowest BCUT2D eigenvalue weighted by molar-refractivity contribution is 0.344. The van der Waals surface area contributed by atoms with E-state index < -0.39 is 0 Å². The Balaban J connectivity index is 1.66. The Morgan fingerprint density at radius 1 is 1.17 bits per heavy atom. The molecule has 0 radical (unpaired) electrons. The molecule has 3 heterocycles. The van der Waals surface area contributed by atoms with E-state index in [-0.39, 0.29) is 0 Å². The predicted octanol–water partition coefficient (Wildman–Crippen LogP) is 2.29. The van der Waals surface area contributed by atoms with Gasteiger partial charge in [-0.2, -0.15) is 0 Å². The number of ether oxygens (including phenoxy) is 1. The Morgan fingerprint density at radius 3 is 3.11 bits per heavy atom. The second-order valence-corrected chi connectivity index (χ2v) is 5.05. The summed E-state index contributed by atoms with van der Waals surface area (Å²) in [7, 11) is 0. The van der Waals surface area contributed by atoms with Crippen molar-refractivity contribution in [1.82, 2.24) is 9.97 Å². The fourth-order valence-electron chi connectivity index (χ4n) is 2.95. The van der Waals surface area contributed by atoms with Gasteiger partial charge in [-0.3, -0.25) is 4.98 Å². The summed E-state index contributed by atoms with van der Waals surface area (Å²) in [6, 6.07) is 6.48. The van der Waals surface area contributed by atoms with Crippen LogP contribution in [0.2, 0.25) is 0 Å². The van der Waals surface area contributed by atoms with E-state index in [0.717, 1.165) is 31.7 Å². The van der Waals surface area contributed by atoms with Crippen molar-refractivity contribution in [3.63, 3.8) is 0 Å². The van der Waals surface area contributed by atoms with Crippen LogP contribution in [0.25, 0.3) is 0 Å². The number of pyridine rings is 2. The van der Waals surface area contributed by atoms with Gasteiger partial charge < -0.3 is 4.74 Å². The van der Waals surface area contributed by atoms with Gasteiger partial charge in [0.15, 0.2) is 0 Å². The molecule has 3 heteroatoms. The minimum Gasteiger partial charge on any atom is -0.477 e. The minimum atomic E-state index is 0.535. The predicted molar refractivity (Wildman–Crippen MR) is 67.8 cm³/mol. The van der Waals surface area contributed by atoms with Gasteiger partial charge in [0, 0.05) is 30.1 Å². The van der Waals surface area contributed by atoms with Crippen molar-refractivity contribution in [3.8, 4) is 5.88 Å². The van der Waals surface area contributed by atoms with Gasteiger partial charge in [-0.15, -0.1) is 0 Å². The number of aromatic nitrogens is 2. The second kappa shape index (κ2) is 3.80. The third-order valence-electron chi connectivity index (χ3n) is 3.92. The largest absolute Gasteiger partial charge is 0.477 e. The summed E-state index contributed by atoms with van der Waals surface area (Å²) < 4.78 is 5.45. The zero-order valence-corrected chi connectivity index (χ0v) is 10.1. The lowest BCUT2D eigenvalue weighted by Crippen LogP contribution is -2.00. The fraction of sp³-hybridized carbons (Fsp3) is 0.333. The third-order valence-corrected chi connectivity index (χ3v) is 3.92. The average molecular weight is 238 g/mol. The van der Waals surface area contributed by atoms with Gasteiger partial charge >= 0.3 is 0 Å². The molecule has 4 rings (SSSR count). The van der Waals surface area contributed by atoms with Gasteiger partial charge in [-0.25, -0.2) is 4.98 Å². The van der Waals surface area contributed by atoms with Crippen molar-refractivity contribution in [2.75, 3.05) is 6.61 Å². The topological polar surface area (TPSA) is 35.0 Å². The molecule has 0 saturated heterocycles. The molecule has 0 amide bonds. The van der Waals surface area contributed by atoms with Crippen LogP contribution in [0.15, 0.2) is 30.6 Å².